The van der Waals surface area contributed by atoms with Gasteiger partial charge in [0.15, 0.2) is 0 Å². The number of rotatable bonds is 6. The van der Waals surface area contributed by atoms with Crippen molar-refractivity contribution in [3.8, 4) is 28.7 Å². The van der Waals surface area contributed by atoms with Crippen molar-refractivity contribution < 1.29 is 14.1 Å². The predicted octanol–water partition coefficient (Wildman–Crippen LogP) is 3.76. The van der Waals surface area contributed by atoms with Gasteiger partial charge in [0.1, 0.15) is 18.0 Å². The third-order valence-corrected chi connectivity index (χ3v) is 5.25. The molecule has 0 aliphatic carbocycles. The van der Waals surface area contributed by atoms with Crippen molar-refractivity contribution in [2.75, 3.05) is 12.4 Å². The van der Waals surface area contributed by atoms with Gasteiger partial charge >= 0.3 is 0 Å². The largest absolute Gasteiger partial charge is 0.495 e. The third kappa shape index (κ3) is 4.02. The summed E-state index contributed by atoms with van der Waals surface area (Å²) >= 11 is 0. The summed E-state index contributed by atoms with van der Waals surface area (Å²) < 4.78 is 12.1. The lowest BCUT2D eigenvalue weighted by molar-refractivity contribution is -0.116. The number of fused-ring (bicyclic) bond motifs is 1. The Bertz CT molecular complexity index is 1540. The molecule has 3 aromatic heterocycles. The SMILES string of the molecule is COc1ccccc1NC(=O)Cn1c(=O)cc(-c2nc(-c3ccccn3)no2)c2ccccc21. The Morgan fingerprint density at radius 1 is 1.06 bits per heavy atom. The molecular formula is C25H19N5O4. The second-order valence-corrected chi connectivity index (χ2v) is 7.39. The van der Waals surface area contributed by atoms with E-state index in [-0.39, 0.29) is 23.9 Å². The number of hydrogen-bond acceptors (Lipinski definition) is 7. The van der Waals surface area contributed by atoms with Crippen LogP contribution in [0.15, 0.2) is 88.3 Å². The van der Waals surface area contributed by atoms with Crippen LogP contribution in [-0.2, 0) is 11.3 Å². The van der Waals surface area contributed by atoms with Crippen LogP contribution in [0.3, 0.4) is 0 Å². The van der Waals surface area contributed by atoms with E-state index < -0.39 is 0 Å². The smallest absolute Gasteiger partial charge is 0.259 e. The van der Waals surface area contributed by atoms with Crippen LogP contribution in [-0.4, -0.2) is 32.7 Å². The molecule has 0 aliphatic heterocycles. The van der Waals surface area contributed by atoms with Gasteiger partial charge in [-0.25, -0.2) is 0 Å². The van der Waals surface area contributed by atoms with Gasteiger partial charge < -0.3 is 14.6 Å². The Morgan fingerprint density at radius 2 is 1.85 bits per heavy atom. The summed E-state index contributed by atoms with van der Waals surface area (Å²) in [5.41, 5.74) is 1.76. The summed E-state index contributed by atoms with van der Waals surface area (Å²) in [5, 5.41) is 7.50. The van der Waals surface area contributed by atoms with Crippen molar-refractivity contribution in [3.63, 3.8) is 0 Å². The Labute approximate surface area is 193 Å². The van der Waals surface area contributed by atoms with Gasteiger partial charge in [0.25, 0.3) is 11.4 Å². The zero-order chi connectivity index (χ0) is 23.5. The standard InChI is InChI=1S/C25H19N5O4/c1-33-21-12-5-3-9-18(21)27-22(31)15-30-20-11-4-2-8-16(20)17(14-23(30)32)25-28-24(29-34-25)19-10-6-7-13-26-19/h2-14H,15H2,1H3,(H,27,31). The summed E-state index contributed by atoms with van der Waals surface area (Å²) in [4.78, 5) is 34.5. The lowest BCUT2D eigenvalue weighted by Gasteiger charge is -2.13. The summed E-state index contributed by atoms with van der Waals surface area (Å²) in [7, 11) is 1.53. The fourth-order valence-corrected chi connectivity index (χ4v) is 3.69. The monoisotopic (exact) mass is 453 g/mol. The Kier molecular flexibility index (Phi) is 5.57. The molecule has 9 heteroatoms. The lowest BCUT2D eigenvalue weighted by Crippen LogP contribution is -2.28. The highest BCUT2D eigenvalue weighted by molar-refractivity contribution is 5.96. The van der Waals surface area contributed by atoms with Crippen LogP contribution >= 0.6 is 0 Å². The number of benzene rings is 2. The summed E-state index contributed by atoms with van der Waals surface area (Å²) in [6.45, 7) is -0.180. The van der Waals surface area contributed by atoms with Crippen LogP contribution in [0.5, 0.6) is 5.75 Å². The zero-order valence-corrected chi connectivity index (χ0v) is 18.1. The average molecular weight is 453 g/mol. The molecule has 0 saturated heterocycles. The van der Waals surface area contributed by atoms with E-state index in [4.69, 9.17) is 9.26 Å². The van der Waals surface area contributed by atoms with Crippen molar-refractivity contribution in [1.29, 1.82) is 0 Å². The highest BCUT2D eigenvalue weighted by Crippen LogP contribution is 2.28. The van der Waals surface area contributed by atoms with E-state index in [1.165, 1.54) is 17.7 Å². The number of pyridine rings is 2. The molecule has 0 aliphatic rings. The molecule has 5 aromatic rings. The molecule has 5 rings (SSSR count). The Balaban J connectivity index is 1.51. The molecule has 0 atom stereocenters. The molecule has 1 N–H and O–H groups in total. The number of carbonyl (C=O) groups excluding carboxylic acids is 1. The van der Waals surface area contributed by atoms with Gasteiger partial charge in [0.2, 0.25) is 11.7 Å². The quantitative estimate of drug-likeness (QED) is 0.417. The number of ether oxygens (including phenoxy) is 1. The first-order chi connectivity index (χ1) is 16.6. The molecule has 3 heterocycles. The fourth-order valence-electron chi connectivity index (χ4n) is 3.69. The third-order valence-electron chi connectivity index (χ3n) is 5.25. The van der Waals surface area contributed by atoms with Crippen LogP contribution in [0.2, 0.25) is 0 Å². The Morgan fingerprint density at radius 3 is 2.68 bits per heavy atom. The van der Waals surface area contributed by atoms with Crippen molar-refractivity contribution in [1.82, 2.24) is 19.7 Å². The molecule has 168 valence electrons. The molecule has 1 amide bonds. The average Bonchev–Trinajstić information content (AvgIpc) is 3.37. The normalized spacial score (nSPS) is 10.9. The summed E-state index contributed by atoms with van der Waals surface area (Å²) in [6, 6.07) is 21.1. The number of carbonyl (C=O) groups is 1. The van der Waals surface area contributed by atoms with Crippen LogP contribution < -0.4 is 15.6 Å². The van der Waals surface area contributed by atoms with Crippen molar-refractivity contribution >= 4 is 22.5 Å². The molecule has 0 saturated carbocycles. The summed E-state index contributed by atoms with van der Waals surface area (Å²) in [5.74, 6) is 0.683. The number of amides is 1. The van der Waals surface area contributed by atoms with E-state index in [0.717, 1.165) is 0 Å². The van der Waals surface area contributed by atoms with Gasteiger partial charge in [-0.2, -0.15) is 4.98 Å². The van der Waals surface area contributed by atoms with E-state index in [0.29, 0.717) is 39.4 Å². The van der Waals surface area contributed by atoms with E-state index in [1.54, 1.807) is 48.7 Å². The maximum absolute atomic E-state index is 13.1. The lowest BCUT2D eigenvalue weighted by atomic mass is 10.1. The minimum Gasteiger partial charge on any atom is -0.495 e. The topological polar surface area (TPSA) is 112 Å². The van der Waals surface area contributed by atoms with Gasteiger partial charge in [-0.3, -0.25) is 19.1 Å². The molecule has 0 radical (unpaired) electrons. The number of anilines is 1. The van der Waals surface area contributed by atoms with E-state index in [2.05, 4.69) is 20.4 Å². The summed E-state index contributed by atoms with van der Waals surface area (Å²) in [6.07, 6.45) is 1.64. The molecule has 9 nitrogen and oxygen atoms in total. The van der Waals surface area contributed by atoms with E-state index >= 15 is 0 Å². The Hall–Kier alpha value is -4.79. The number of hydrogen-bond donors (Lipinski definition) is 1. The maximum atomic E-state index is 13.1. The highest BCUT2D eigenvalue weighted by atomic mass is 16.5. The van der Waals surface area contributed by atoms with E-state index in [1.807, 2.05) is 24.3 Å². The number of para-hydroxylation sites is 3. The first-order valence-electron chi connectivity index (χ1n) is 10.4. The van der Waals surface area contributed by atoms with Crippen LogP contribution in [0.25, 0.3) is 33.9 Å². The van der Waals surface area contributed by atoms with Crippen molar-refractivity contribution in [2.45, 2.75) is 6.54 Å². The van der Waals surface area contributed by atoms with Gasteiger partial charge in [0.05, 0.1) is 23.9 Å². The minimum atomic E-state index is -0.374. The van der Waals surface area contributed by atoms with Crippen LogP contribution in [0.1, 0.15) is 0 Å². The van der Waals surface area contributed by atoms with Crippen molar-refractivity contribution in [2.24, 2.45) is 0 Å². The molecule has 0 fully saturated rings. The molecular weight excluding hydrogens is 434 g/mol. The van der Waals surface area contributed by atoms with Crippen LogP contribution in [0.4, 0.5) is 5.69 Å². The van der Waals surface area contributed by atoms with E-state index in [9.17, 15) is 9.59 Å². The minimum absolute atomic E-state index is 0.180. The molecule has 2 aromatic carbocycles. The number of methoxy groups -OCH3 is 1. The van der Waals surface area contributed by atoms with Gasteiger partial charge in [0, 0.05) is 17.6 Å². The predicted molar refractivity (Wildman–Crippen MR) is 126 cm³/mol. The molecule has 34 heavy (non-hydrogen) atoms. The van der Waals surface area contributed by atoms with Gasteiger partial charge in [-0.1, -0.05) is 41.6 Å². The number of nitrogens with zero attached hydrogens (tertiary/aromatic N) is 4. The highest BCUT2D eigenvalue weighted by Gasteiger charge is 2.18. The number of aromatic nitrogens is 4. The zero-order valence-electron chi connectivity index (χ0n) is 18.1. The van der Waals surface area contributed by atoms with Crippen molar-refractivity contribution in [3.05, 3.63) is 89.3 Å². The fraction of sp³-hybridized carbons (Fsp3) is 0.0800. The van der Waals surface area contributed by atoms with Crippen LogP contribution in [0, 0.1) is 0 Å². The first kappa shape index (κ1) is 21.1. The van der Waals surface area contributed by atoms with Gasteiger partial charge in [-0.15, -0.1) is 0 Å². The molecule has 0 bridgehead atoms. The van der Waals surface area contributed by atoms with Gasteiger partial charge in [-0.05, 0) is 30.3 Å². The molecule has 0 unspecified atom stereocenters. The second kappa shape index (κ2) is 8.99. The second-order valence-electron chi connectivity index (χ2n) is 7.39. The maximum Gasteiger partial charge on any atom is 0.259 e. The first-order valence-corrected chi connectivity index (χ1v) is 10.4. The molecule has 0 spiro atoms. The number of nitrogens with one attached hydrogen (secondary N) is 1.